The van der Waals surface area contributed by atoms with Gasteiger partial charge in [0.25, 0.3) is 0 Å². The van der Waals surface area contributed by atoms with E-state index in [1.807, 2.05) is 6.92 Å². The van der Waals surface area contributed by atoms with Crippen LogP contribution >= 0.6 is 23.4 Å². The van der Waals surface area contributed by atoms with Gasteiger partial charge >= 0.3 is 5.97 Å². The van der Waals surface area contributed by atoms with E-state index >= 15 is 0 Å². The molecule has 2 heterocycles. The molecule has 0 saturated heterocycles. The summed E-state index contributed by atoms with van der Waals surface area (Å²) in [5.41, 5.74) is 1.73. The summed E-state index contributed by atoms with van der Waals surface area (Å²) >= 11 is 7.84. The average Bonchev–Trinajstić information content (AvgIpc) is 3.10. The van der Waals surface area contributed by atoms with Crippen molar-refractivity contribution in [2.45, 2.75) is 108 Å². The Morgan fingerprint density at radius 2 is 1.59 bits per heavy atom. The van der Waals surface area contributed by atoms with Gasteiger partial charge in [-0.3, -0.25) is 4.79 Å². The summed E-state index contributed by atoms with van der Waals surface area (Å²) in [4.78, 5) is 24.5. The third-order valence-corrected chi connectivity index (χ3v) is 6.93. The largest absolute Gasteiger partial charge is 0.469 e. The van der Waals surface area contributed by atoms with Crippen LogP contribution in [-0.2, 0) is 16.1 Å². The van der Waals surface area contributed by atoms with E-state index < -0.39 is 0 Å². The van der Waals surface area contributed by atoms with Gasteiger partial charge < -0.3 is 14.6 Å². The minimum Gasteiger partial charge on any atom is -0.469 e. The molecular formula is C25H42ClN5O2S. The van der Waals surface area contributed by atoms with E-state index in [4.69, 9.17) is 11.6 Å². The number of halogens is 1. The molecule has 0 aromatic carbocycles. The van der Waals surface area contributed by atoms with Crippen molar-refractivity contribution in [3.63, 3.8) is 0 Å². The molecule has 0 aliphatic carbocycles. The average molecular weight is 512 g/mol. The summed E-state index contributed by atoms with van der Waals surface area (Å²) in [7, 11) is 1.45. The zero-order valence-electron chi connectivity index (χ0n) is 21.4. The number of aryl methyl sites for hydroxylation is 2. The van der Waals surface area contributed by atoms with Crippen molar-refractivity contribution < 1.29 is 9.53 Å². The monoisotopic (exact) mass is 511 g/mol. The molecule has 0 unspecified atom stereocenters. The molecule has 0 amide bonds. The predicted molar refractivity (Wildman–Crippen MR) is 142 cm³/mol. The third-order valence-electron chi connectivity index (χ3n) is 5.78. The van der Waals surface area contributed by atoms with Gasteiger partial charge in [0.15, 0.2) is 5.65 Å². The van der Waals surface area contributed by atoms with Crippen molar-refractivity contribution in [2.24, 2.45) is 0 Å². The molecular weight excluding hydrogens is 470 g/mol. The third kappa shape index (κ3) is 10.5. The van der Waals surface area contributed by atoms with Crippen LogP contribution in [0.15, 0.2) is 5.03 Å². The van der Waals surface area contributed by atoms with Crippen molar-refractivity contribution in [2.75, 3.05) is 20.2 Å². The molecule has 192 valence electrons. The summed E-state index contributed by atoms with van der Waals surface area (Å²) in [6.07, 6.45) is 12.4. The molecule has 9 heteroatoms. The molecule has 2 rings (SSSR count). The number of esters is 1. The predicted octanol–water partition coefficient (Wildman–Crippen LogP) is 6.34. The first-order valence-electron chi connectivity index (χ1n) is 12.8. The topological polar surface area (TPSA) is 81.9 Å². The number of thioether (sulfide) groups is 1. The van der Waals surface area contributed by atoms with E-state index in [2.05, 4.69) is 43.4 Å². The van der Waals surface area contributed by atoms with Crippen molar-refractivity contribution in [3.05, 3.63) is 11.1 Å². The Bertz CT molecular complexity index is 875. The number of nitrogens with zero attached hydrogens (tertiary/aromatic N) is 4. The first-order chi connectivity index (χ1) is 16.4. The summed E-state index contributed by atoms with van der Waals surface area (Å²) in [5, 5.41) is 5.16. The molecule has 1 N–H and O–H groups in total. The van der Waals surface area contributed by atoms with E-state index in [9.17, 15) is 4.79 Å². The van der Waals surface area contributed by atoms with Gasteiger partial charge in [-0.1, -0.05) is 52.4 Å². The molecule has 0 spiro atoms. The maximum atomic E-state index is 11.1. The van der Waals surface area contributed by atoms with Crippen LogP contribution in [0.3, 0.4) is 0 Å². The van der Waals surface area contributed by atoms with Gasteiger partial charge in [-0.25, -0.2) is 9.97 Å². The summed E-state index contributed by atoms with van der Waals surface area (Å²) in [6, 6.07) is 0. The minimum absolute atomic E-state index is 0.0988. The fraction of sp³-hybridized carbons (Fsp3) is 0.760. The highest BCUT2D eigenvalue weighted by molar-refractivity contribution is 8.00. The van der Waals surface area contributed by atoms with E-state index in [0.29, 0.717) is 17.3 Å². The van der Waals surface area contributed by atoms with Crippen LogP contribution in [0.25, 0.3) is 11.2 Å². The fourth-order valence-electron chi connectivity index (χ4n) is 3.99. The number of carbonyl (C=O) groups excluding carboxylic acids is 1. The van der Waals surface area contributed by atoms with Crippen LogP contribution in [0.1, 0.15) is 90.3 Å². The number of unbranched alkanes of at least 4 members (excludes halogenated alkanes) is 8. The maximum absolute atomic E-state index is 11.1. The van der Waals surface area contributed by atoms with Gasteiger partial charge in [0.1, 0.15) is 16.4 Å². The lowest BCUT2D eigenvalue weighted by Crippen LogP contribution is -2.16. The summed E-state index contributed by atoms with van der Waals surface area (Å²) in [5.74, 6) is 0.880. The number of imidazole rings is 1. The van der Waals surface area contributed by atoms with Crippen LogP contribution < -0.4 is 5.32 Å². The Kier molecular flexibility index (Phi) is 13.9. The first-order valence-corrected chi connectivity index (χ1v) is 14.0. The maximum Gasteiger partial charge on any atom is 0.305 e. The molecule has 0 saturated carbocycles. The molecule has 0 atom stereocenters. The Labute approximate surface area is 214 Å². The van der Waals surface area contributed by atoms with Gasteiger partial charge in [-0.15, -0.1) is 11.8 Å². The zero-order valence-corrected chi connectivity index (χ0v) is 22.9. The number of aromatic nitrogens is 4. The Hall–Kier alpha value is -1.38. The Morgan fingerprint density at radius 3 is 2.24 bits per heavy atom. The summed E-state index contributed by atoms with van der Waals surface area (Å²) in [6.45, 7) is 9.47. The van der Waals surface area contributed by atoms with Gasteiger partial charge in [-0.2, -0.15) is 4.98 Å². The quantitative estimate of drug-likeness (QED) is 0.0821. The highest BCUT2D eigenvalue weighted by atomic mass is 35.5. The first kappa shape index (κ1) is 28.9. The van der Waals surface area contributed by atoms with E-state index in [1.165, 1.54) is 52.1 Å². The van der Waals surface area contributed by atoms with Crippen LogP contribution in [0.4, 0.5) is 0 Å². The minimum atomic E-state index is -0.0988. The number of ether oxygens (including phenoxy) is 1. The normalized spacial score (nSPS) is 11.6. The van der Waals surface area contributed by atoms with Crippen LogP contribution in [0.5, 0.6) is 0 Å². The molecule has 2 aromatic rings. The number of carbonyl (C=O) groups is 1. The van der Waals surface area contributed by atoms with E-state index in [-0.39, 0.29) is 11.3 Å². The Morgan fingerprint density at radius 1 is 0.971 bits per heavy atom. The number of rotatable bonds is 18. The standard InChI is InChI=1S/C25H42ClN5O2S/c1-19(2)34-24-22-23(29-25(26)30-24)28-20(3)31(22)18-14-10-6-5-8-12-16-27-17-13-9-7-11-15-21(32)33-4/h19,27H,5-18H2,1-4H3. The molecule has 0 fully saturated rings. The van der Waals surface area contributed by atoms with Crippen LogP contribution in [0.2, 0.25) is 5.28 Å². The van der Waals surface area contributed by atoms with Gasteiger partial charge in [0.05, 0.1) is 7.11 Å². The second kappa shape index (κ2) is 16.3. The van der Waals surface area contributed by atoms with Crippen LogP contribution in [0, 0.1) is 6.92 Å². The van der Waals surface area contributed by atoms with E-state index in [1.54, 1.807) is 11.8 Å². The molecule has 34 heavy (non-hydrogen) atoms. The Balaban J connectivity index is 1.55. The highest BCUT2D eigenvalue weighted by Crippen LogP contribution is 2.30. The van der Waals surface area contributed by atoms with E-state index in [0.717, 1.165) is 55.3 Å². The van der Waals surface area contributed by atoms with Crippen molar-refractivity contribution in [3.8, 4) is 0 Å². The summed E-state index contributed by atoms with van der Waals surface area (Å²) < 4.78 is 6.92. The van der Waals surface area contributed by atoms with Gasteiger partial charge in [0.2, 0.25) is 5.28 Å². The lowest BCUT2D eigenvalue weighted by molar-refractivity contribution is -0.140. The van der Waals surface area contributed by atoms with Crippen LogP contribution in [-0.4, -0.2) is 50.9 Å². The smallest absolute Gasteiger partial charge is 0.305 e. The lowest BCUT2D eigenvalue weighted by Gasteiger charge is -2.11. The highest BCUT2D eigenvalue weighted by Gasteiger charge is 2.17. The number of fused-ring (bicyclic) bond motifs is 1. The fourth-order valence-corrected chi connectivity index (χ4v) is 5.11. The van der Waals surface area contributed by atoms with Crippen molar-refractivity contribution in [1.82, 2.24) is 24.8 Å². The molecule has 7 nitrogen and oxygen atoms in total. The molecule has 0 aliphatic rings. The number of methoxy groups -OCH3 is 1. The SMILES string of the molecule is COC(=O)CCCCCCNCCCCCCCCn1c(C)nc2nc(Cl)nc(SC(C)C)c21. The van der Waals surface area contributed by atoms with Gasteiger partial charge in [-0.05, 0) is 57.3 Å². The van der Waals surface area contributed by atoms with Crippen molar-refractivity contribution >= 4 is 40.5 Å². The lowest BCUT2D eigenvalue weighted by atomic mass is 10.1. The molecule has 0 radical (unpaired) electrons. The number of hydrogen-bond acceptors (Lipinski definition) is 7. The second-order valence-corrected chi connectivity index (χ2v) is 11.0. The number of hydrogen-bond donors (Lipinski definition) is 1. The molecule has 0 bridgehead atoms. The zero-order chi connectivity index (χ0) is 24.8. The molecule has 0 aliphatic heterocycles. The molecule has 2 aromatic heterocycles. The van der Waals surface area contributed by atoms with Gasteiger partial charge in [0, 0.05) is 18.2 Å². The van der Waals surface area contributed by atoms with Crippen molar-refractivity contribution in [1.29, 1.82) is 0 Å². The number of nitrogens with one attached hydrogen (secondary N) is 1. The second-order valence-electron chi connectivity index (χ2n) is 9.06.